The number of hydrogen-bond donors (Lipinski definition) is 1. The van der Waals surface area contributed by atoms with E-state index >= 15 is 0 Å². The van der Waals surface area contributed by atoms with Gasteiger partial charge in [-0.05, 0) is 24.3 Å². The number of aromatic nitrogens is 3. The number of pyridine rings is 1. The fraction of sp³-hybridized carbons (Fsp3) is 0.250. The molecule has 3 heterocycles. The first kappa shape index (κ1) is 22.8. The van der Waals surface area contributed by atoms with Crippen LogP contribution in [0, 0.1) is 18.2 Å². The van der Waals surface area contributed by atoms with Crippen molar-refractivity contribution in [3.05, 3.63) is 54.2 Å². The van der Waals surface area contributed by atoms with E-state index in [4.69, 9.17) is 25.7 Å². The fourth-order valence-electron chi connectivity index (χ4n) is 3.51. The molecule has 1 saturated heterocycles. The lowest BCUT2D eigenvalue weighted by molar-refractivity contribution is 0.0867. The second-order valence-electron chi connectivity index (χ2n) is 7.42. The van der Waals surface area contributed by atoms with Gasteiger partial charge in [0.25, 0.3) is 0 Å². The van der Waals surface area contributed by atoms with Crippen molar-refractivity contribution in [2.75, 3.05) is 20.2 Å². The van der Waals surface area contributed by atoms with Crippen LogP contribution in [0.3, 0.4) is 0 Å². The van der Waals surface area contributed by atoms with Gasteiger partial charge in [0.2, 0.25) is 11.8 Å². The van der Waals surface area contributed by atoms with Gasteiger partial charge in [0.05, 0.1) is 12.8 Å². The maximum absolute atomic E-state index is 14.9. The molecule has 0 spiro atoms. The summed E-state index contributed by atoms with van der Waals surface area (Å²) in [4.78, 5) is 24.8. The minimum Gasteiger partial charge on any atom is -0.497 e. The van der Waals surface area contributed by atoms with Crippen molar-refractivity contribution >= 4 is 6.09 Å². The van der Waals surface area contributed by atoms with E-state index in [0.717, 1.165) is 0 Å². The third-order valence-electron chi connectivity index (χ3n) is 5.31. The summed E-state index contributed by atoms with van der Waals surface area (Å²) in [6.45, 7) is 0.694. The van der Waals surface area contributed by atoms with Crippen molar-refractivity contribution in [1.29, 1.82) is 0 Å². The number of benzene rings is 1. The van der Waals surface area contributed by atoms with Crippen molar-refractivity contribution < 1.29 is 28.5 Å². The zero-order valence-electron chi connectivity index (χ0n) is 18.3. The van der Waals surface area contributed by atoms with Crippen molar-refractivity contribution in [1.82, 2.24) is 19.9 Å². The van der Waals surface area contributed by atoms with Crippen LogP contribution in [0.15, 0.2) is 42.9 Å². The number of nitrogens with zero attached hydrogens (tertiary/aromatic N) is 4. The van der Waals surface area contributed by atoms with E-state index in [0.29, 0.717) is 42.9 Å². The normalized spacial score (nSPS) is 13.7. The van der Waals surface area contributed by atoms with Gasteiger partial charge in [-0.15, -0.1) is 6.42 Å². The molecule has 1 N–H and O–H groups in total. The van der Waals surface area contributed by atoms with E-state index < -0.39 is 11.9 Å². The summed E-state index contributed by atoms with van der Waals surface area (Å²) in [5.74, 6) is 2.43. The number of halogens is 1. The first-order valence-corrected chi connectivity index (χ1v) is 10.4. The minimum absolute atomic E-state index is 0.0263. The van der Waals surface area contributed by atoms with Gasteiger partial charge < -0.3 is 24.2 Å². The van der Waals surface area contributed by atoms with Crippen LogP contribution in [0.1, 0.15) is 18.4 Å². The molecule has 0 bridgehead atoms. The molecule has 4 rings (SSSR count). The molecule has 3 aromatic rings. The fourth-order valence-corrected chi connectivity index (χ4v) is 3.51. The predicted molar refractivity (Wildman–Crippen MR) is 119 cm³/mol. The van der Waals surface area contributed by atoms with E-state index in [9.17, 15) is 9.18 Å². The molecule has 0 saturated carbocycles. The molecule has 1 fully saturated rings. The lowest BCUT2D eigenvalue weighted by Gasteiger charge is -2.30. The van der Waals surface area contributed by atoms with E-state index in [-0.39, 0.29) is 29.2 Å². The Kier molecular flexibility index (Phi) is 6.73. The third kappa shape index (κ3) is 4.99. The molecule has 2 aromatic heterocycles. The summed E-state index contributed by atoms with van der Waals surface area (Å²) in [6, 6.07) is 7.80. The first-order chi connectivity index (χ1) is 16.5. The lowest BCUT2D eigenvalue weighted by atomic mass is 10.1. The smallest absolute Gasteiger partial charge is 0.407 e. The predicted octanol–water partition coefficient (Wildman–Crippen LogP) is 3.98. The standard InChI is InChI=1S/C24H21FN4O5/c1-3-18-22(33-16-7-10-29(11-8-16)24(30)31)27-14-28-23(18)34-21-5-4-15(12-19(21)25)20-13-17(32-2)6-9-26-20/h1,4-6,9,12-14,16H,7-8,10-11H2,2H3,(H,30,31). The molecule has 174 valence electrons. The molecule has 0 atom stereocenters. The van der Waals surface area contributed by atoms with E-state index in [1.165, 1.54) is 23.4 Å². The van der Waals surface area contributed by atoms with Crippen molar-refractivity contribution in [2.45, 2.75) is 18.9 Å². The Balaban J connectivity index is 1.52. The van der Waals surface area contributed by atoms with Crippen LogP contribution in [0.2, 0.25) is 0 Å². The maximum atomic E-state index is 14.9. The summed E-state index contributed by atoms with van der Waals surface area (Å²) in [5.41, 5.74) is 1.22. The molecule has 1 aromatic carbocycles. The monoisotopic (exact) mass is 464 g/mol. The number of likely N-dealkylation sites (tertiary alicyclic amines) is 1. The molecular formula is C24H21FN4O5. The zero-order valence-corrected chi connectivity index (χ0v) is 18.3. The van der Waals surface area contributed by atoms with Gasteiger partial charge in [-0.1, -0.05) is 5.92 Å². The average molecular weight is 464 g/mol. The molecule has 1 aliphatic heterocycles. The Morgan fingerprint density at radius 2 is 1.94 bits per heavy atom. The van der Waals surface area contributed by atoms with Gasteiger partial charge in [0.15, 0.2) is 11.6 Å². The molecule has 0 aliphatic carbocycles. The average Bonchev–Trinajstić information content (AvgIpc) is 2.86. The van der Waals surface area contributed by atoms with Crippen LogP contribution in [-0.2, 0) is 0 Å². The Bertz CT molecular complexity index is 1240. The number of rotatable bonds is 6. The first-order valence-electron chi connectivity index (χ1n) is 10.4. The van der Waals surface area contributed by atoms with Gasteiger partial charge in [-0.2, -0.15) is 0 Å². The number of hydrogen-bond acceptors (Lipinski definition) is 7. The molecule has 34 heavy (non-hydrogen) atoms. The number of terminal acetylenes is 1. The quantitative estimate of drug-likeness (QED) is 0.546. The summed E-state index contributed by atoms with van der Waals surface area (Å²) in [5, 5.41) is 9.08. The lowest BCUT2D eigenvalue weighted by Crippen LogP contribution is -2.41. The van der Waals surface area contributed by atoms with E-state index in [2.05, 4.69) is 20.9 Å². The topological polar surface area (TPSA) is 107 Å². The molecule has 9 nitrogen and oxygen atoms in total. The van der Waals surface area contributed by atoms with Gasteiger partial charge in [-0.25, -0.2) is 19.2 Å². The summed E-state index contributed by atoms with van der Waals surface area (Å²) in [6.07, 6.45) is 8.19. The van der Waals surface area contributed by atoms with E-state index in [1.54, 1.807) is 31.5 Å². The number of carboxylic acid groups (broad SMARTS) is 1. The Hall–Kier alpha value is -4.39. The highest BCUT2D eigenvalue weighted by molar-refractivity contribution is 5.65. The highest BCUT2D eigenvalue weighted by atomic mass is 19.1. The van der Waals surface area contributed by atoms with Crippen LogP contribution < -0.4 is 14.2 Å². The second-order valence-corrected chi connectivity index (χ2v) is 7.42. The van der Waals surface area contributed by atoms with E-state index in [1.807, 2.05) is 0 Å². The van der Waals surface area contributed by atoms with Crippen LogP contribution in [0.5, 0.6) is 23.3 Å². The highest BCUT2D eigenvalue weighted by Gasteiger charge is 2.25. The highest BCUT2D eigenvalue weighted by Crippen LogP contribution is 2.32. The molecule has 1 aliphatic rings. The van der Waals surface area contributed by atoms with Crippen LogP contribution in [0.25, 0.3) is 11.3 Å². The van der Waals surface area contributed by atoms with Gasteiger partial charge >= 0.3 is 6.09 Å². The number of ether oxygens (including phenoxy) is 3. The van der Waals surface area contributed by atoms with Gasteiger partial charge in [0.1, 0.15) is 23.7 Å². The van der Waals surface area contributed by atoms with Crippen LogP contribution >= 0.6 is 0 Å². The minimum atomic E-state index is -0.962. The summed E-state index contributed by atoms with van der Waals surface area (Å²) in [7, 11) is 1.54. The number of piperidine rings is 1. The molecule has 0 radical (unpaired) electrons. The molecule has 1 amide bonds. The third-order valence-corrected chi connectivity index (χ3v) is 5.31. The molecule has 10 heteroatoms. The largest absolute Gasteiger partial charge is 0.497 e. The summed E-state index contributed by atoms with van der Waals surface area (Å²) >= 11 is 0. The van der Waals surface area contributed by atoms with Crippen molar-refractivity contribution in [2.24, 2.45) is 0 Å². The molecular weight excluding hydrogens is 443 g/mol. The maximum Gasteiger partial charge on any atom is 0.407 e. The molecule has 0 unspecified atom stereocenters. The SMILES string of the molecule is C#Cc1c(Oc2ccc(-c3cc(OC)ccn3)cc2F)ncnc1OC1CCN(C(=O)O)CC1. The van der Waals surface area contributed by atoms with Crippen molar-refractivity contribution in [3.63, 3.8) is 0 Å². The Morgan fingerprint density at radius 3 is 2.62 bits per heavy atom. The Labute approximate surface area is 195 Å². The van der Waals surface area contributed by atoms with Gasteiger partial charge in [-0.3, -0.25) is 4.98 Å². The van der Waals surface area contributed by atoms with Crippen LogP contribution in [-0.4, -0.2) is 57.4 Å². The number of carbonyl (C=O) groups is 1. The Morgan fingerprint density at radius 1 is 1.18 bits per heavy atom. The number of amides is 1. The van der Waals surface area contributed by atoms with Crippen molar-refractivity contribution in [3.8, 4) is 46.9 Å². The van der Waals surface area contributed by atoms with Crippen LogP contribution in [0.4, 0.5) is 9.18 Å². The zero-order chi connectivity index (χ0) is 24.1. The number of methoxy groups -OCH3 is 1. The van der Waals surface area contributed by atoms with Gasteiger partial charge in [0, 0.05) is 43.8 Å². The second kappa shape index (κ2) is 10.0. The summed E-state index contributed by atoms with van der Waals surface area (Å²) < 4.78 is 31.6.